The van der Waals surface area contributed by atoms with Gasteiger partial charge in [0.2, 0.25) is 0 Å². The Hall–Kier alpha value is -0.610. The average Bonchev–Trinajstić information content (AvgIpc) is 2.19. The van der Waals surface area contributed by atoms with Crippen LogP contribution in [0.25, 0.3) is 0 Å². The van der Waals surface area contributed by atoms with Gasteiger partial charge in [-0.05, 0) is 25.3 Å². The first kappa shape index (κ1) is 17.8. The molecule has 0 unspecified atom stereocenters. The molecule has 0 aliphatic heterocycles. The summed E-state index contributed by atoms with van der Waals surface area (Å²) in [5.41, 5.74) is 0.995. The highest BCUT2D eigenvalue weighted by atomic mass is 32.2. The molecule has 1 rings (SSSR count). The molecule has 0 saturated carbocycles. The van der Waals surface area contributed by atoms with Crippen molar-refractivity contribution in [2.24, 2.45) is 0 Å². The summed E-state index contributed by atoms with van der Waals surface area (Å²) in [7, 11) is 0. The van der Waals surface area contributed by atoms with Crippen molar-refractivity contribution in [1.29, 1.82) is 0 Å². The van der Waals surface area contributed by atoms with Crippen LogP contribution in [0.4, 0.5) is 8.78 Å². The molecule has 1 aromatic rings. The van der Waals surface area contributed by atoms with Gasteiger partial charge in [0.15, 0.2) is 0 Å². The van der Waals surface area contributed by atoms with E-state index in [4.69, 9.17) is 0 Å². The Bertz CT molecular complexity index is 308. The number of alkyl halides is 2. The van der Waals surface area contributed by atoms with Crippen molar-refractivity contribution >= 4 is 11.8 Å². The molecular weight excluding hydrogens is 230 g/mol. The van der Waals surface area contributed by atoms with Gasteiger partial charge in [0, 0.05) is 17.4 Å². The molecule has 0 bridgehead atoms. The number of aryl methyl sites for hydroxylation is 1. The number of benzene rings is 1. The Morgan fingerprint density at radius 2 is 1.69 bits per heavy atom. The maximum Gasteiger partial charge on any atom is 0.271 e. The third-order valence-corrected chi connectivity index (χ3v) is 2.62. The van der Waals surface area contributed by atoms with Crippen molar-refractivity contribution in [1.82, 2.24) is 0 Å². The van der Waals surface area contributed by atoms with Crippen molar-refractivity contribution < 1.29 is 14.3 Å². The minimum atomic E-state index is -2.75. The summed E-state index contributed by atoms with van der Waals surface area (Å²) in [4.78, 5) is 0.651. The molecule has 94 valence electrons. The van der Waals surface area contributed by atoms with Gasteiger partial charge in [-0.2, -0.15) is 0 Å². The highest BCUT2D eigenvalue weighted by Gasteiger charge is 2.27. The average molecular weight is 250 g/mol. The van der Waals surface area contributed by atoms with E-state index in [1.54, 1.807) is 18.4 Å². The lowest BCUT2D eigenvalue weighted by molar-refractivity contribution is 0.0146. The largest absolute Gasteiger partial charge is 0.412 e. The summed E-state index contributed by atoms with van der Waals surface area (Å²) in [5.74, 6) is -2.75. The predicted molar refractivity (Wildman–Crippen MR) is 67.5 cm³/mol. The van der Waals surface area contributed by atoms with Gasteiger partial charge in [-0.15, -0.1) is 11.8 Å². The Balaban J connectivity index is 0. The van der Waals surface area contributed by atoms with Gasteiger partial charge < -0.3 is 5.48 Å². The second-order valence-corrected chi connectivity index (χ2v) is 3.94. The molecule has 0 aliphatic carbocycles. The Kier molecular flexibility index (Phi) is 8.47. The highest BCUT2D eigenvalue weighted by Crippen LogP contribution is 2.34. The topological polar surface area (TPSA) is 31.5 Å². The summed E-state index contributed by atoms with van der Waals surface area (Å²) in [5, 5.41) is 0. The van der Waals surface area contributed by atoms with Crippen molar-refractivity contribution in [2.45, 2.75) is 38.5 Å². The molecule has 1 nitrogen and oxygen atoms in total. The second-order valence-electron chi connectivity index (χ2n) is 3.09. The van der Waals surface area contributed by atoms with Crippen LogP contribution in [0.15, 0.2) is 23.1 Å². The molecular formula is C12H20F2OS. The minimum Gasteiger partial charge on any atom is -0.412 e. The van der Waals surface area contributed by atoms with Gasteiger partial charge in [-0.25, -0.2) is 8.78 Å². The molecule has 0 amide bonds. The van der Waals surface area contributed by atoms with Crippen LogP contribution in [0.5, 0.6) is 0 Å². The van der Waals surface area contributed by atoms with Gasteiger partial charge in [-0.3, -0.25) is 0 Å². The summed E-state index contributed by atoms with van der Waals surface area (Å²) in [6.45, 7) is 6.75. The van der Waals surface area contributed by atoms with Crippen LogP contribution in [-0.4, -0.2) is 11.7 Å². The maximum absolute atomic E-state index is 13.1. The van der Waals surface area contributed by atoms with Gasteiger partial charge in [-0.1, -0.05) is 25.5 Å². The van der Waals surface area contributed by atoms with E-state index in [-0.39, 0.29) is 11.0 Å². The Labute approximate surface area is 101 Å². The molecule has 4 heteroatoms. The fraction of sp³-hybridized carbons (Fsp3) is 0.500. The van der Waals surface area contributed by atoms with E-state index in [0.29, 0.717) is 4.90 Å². The fourth-order valence-corrected chi connectivity index (χ4v) is 1.83. The molecule has 0 saturated heterocycles. The molecule has 0 spiro atoms. The molecule has 0 heterocycles. The number of rotatable bonds is 2. The van der Waals surface area contributed by atoms with Crippen LogP contribution in [-0.2, 0) is 5.92 Å². The Morgan fingerprint density at radius 3 is 2.06 bits per heavy atom. The fourth-order valence-electron chi connectivity index (χ4n) is 1.16. The van der Waals surface area contributed by atoms with Crippen molar-refractivity contribution in [3.8, 4) is 0 Å². The van der Waals surface area contributed by atoms with Crippen LogP contribution in [0.2, 0.25) is 0 Å². The zero-order chi connectivity index (χ0) is 12.1. The molecule has 16 heavy (non-hydrogen) atoms. The zero-order valence-corrected chi connectivity index (χ0v) is 11.2. The van der Waals surface area contributed by atoms with Crippen LogP contribution >= 0.6 is 11.8 Å². The van der Waals surface area contributed by atoms with Gasteiger partial charge >= 0.3 is 0 Å². The molecule has 2 N–H and O–H groups in total. The van der Waals surface area contributed by atoms with E-state index in [0.717, 1.165) is 12.5 Å². The summed E-state index contributed by atoms with van der Waals surface area (Å²) >= 11 is 1.35. The standard InChI is InChI=1S/C10H12F2S.C2H6.H2O/c1-7-4-5-9(13-3)8(6-7)10(2,11)12;1-2;/h4-6H,1-3H3;1-2H3;1H2. The third-order valence-electron chi connectivity index (χ3n) is 1.83. The van der Waals surface area contributed by atoms with Gasteiger partial charge in [0.1, 0.15) is 0 Å². The summed E-state index contributed by atoms with van der Waals surface area (Å²) in [6.07, 6.45) is 1.81. The first-order valence-corrected chi connectivity index (χ1v) is 6.20. The highest BCUT2D eigenvalue weighted by molar-refractivity contribution is 7.98. The lowest BCUT2D eigenvalue weighted by Gasteiger charge is -2.14. The molecule has 0 radical (unpaired) electrons. The third kappa shape index (κ3) is 4.94. The molecule has 0 aliphatic rings. The lowest BCUT2D eigenvalue weighted by atomic mass is 10.1. The van der Waals surface area contributed by atoms with E-state index in [9.17, 15) is 8.78 Å². The first-order chi connectivity index (χ1) is 6.95. The predicted octanol–water partition coefficient (Wildman–Crippen LogP) is 4.03. The second kappa shape index (κ2) is 7.63. The molecule has 1 aromatic carbocycles. The van der Waals surface area contributed by atoms with E-state index in [1.165, 1.54) is 11.8 Å². The summed E-state index contributed by atoms with van der Waals surface area (Å²) < 4.78 is 26.1. The smallest absolute Gasteiger partial charge is 0.271 e. The van der Waals surface area contributed by atoms with Gasteiger partial charge in [0.25, 0.3) is 5.92 Å². The monoisotopic (exact) mass is 250 g/mol. The quantitative estimate of drug-likeness (QED) is 0.729. The zero-order valence-electron chi connectivity index (χ0n) is 10.4. The first-order valence-electron chi connectivity index (χ1n) is 4.98. The SMILES string of the molecule is CC.CSc1ccc(C)cc1C(C)(F)F.O. The summed E-state index contributed by atoms with van der Waals surface area (Å²) in [6, 6.07) is 5.14. The van der Waals surface area contributed by atoms with E-state index in [2.05, 4.69) is 0 Å². The van der Waals surface area contributed by atoms with Crippen molar-refractivity contribution in [3.63, 3.8) is 0 Å². The number of hydrogen-bond donors (Lipinski definition) is 0. The van der Waals surface area contributed by atoms with E-state index >= 15 is 0 Å². The van der Waals surface area contributed by atoms with Crippen molar-refractivity contribution in [2.75, 3.05) is 6.26 Å². The molecule has 0 aromatic heterocycles. The van der Waals surface area contributed by atoms with E-state index in [1.807, 2.05) is 26.8 Å². The Morgan fingerprint density at radius 1 is 1.19 bits per heavy atom. The van der Waals surface area contributed by atoms with Crippen LogP contribution in [0.3, 0.4) is 0 Å². The van der Waals surface area contributed by atoms with Crippen LogP contribution < -0.4 is 0 Å². The van der Waals surface area contributed by atoms with Crippen molar-refractivity contribution in [3.05, 3.63) is 29.3 Å². The normalized spacial score (nSPS) is 9.94. The van der Waals surface area contributed by atoms with Crippen LogP contribution in [0, 0.1) is 6.92 Å². The maximum atomic E-state index is 13.1. The minimum absolute atomic E-state index is 0. The number of hydrogen-bond acceptors (Lipinski definition) is 1. The number of thioether (sulfide) groups is 1. The molecule has 0 fully saturated rings. The lowest BCUT2D eigenvalue weighted by Crippen LogP contribution is -2.08. The van der Waals surface area contributed by atoms with E-state index < -0.39 is 5.92 Å². The van der Waals surface area contributed by atoms with Crippen LogP contribution in [0.1, 0.15) is 31.9 Å². The number of halogens is 2. The molecule has 0 atom stereocenters. The van der Waals surface area contributed by atoms with Gasteiger partial charge in [0.05, 0.1) is 0 Å².